The van der Waals surface area contributed by atoms with Crippen molar-refractivity contribution in [3.05, 3.63) is 29.0 Å². The number of H-pyrrole nitrogens is 1. The SMILES string of the molecule is O=C(O)C(O)c1ccc2[nH]cnc2c1Cl. The second kappa shape index (κ2) is 3.52. The van der Waals surface area contributed by atoms with Crippen LogP contribution in [0.25, 0.3) is 11.0 Å². The van der Waals surface area contributed by atoms with E-state index < -0.39 is 12.1 Å². The van der Waals surface area contributed by atoms with E-state index in [0.29, 0.717) is 11.0 Å². The Labute approximate surface area is 89.3 Å². The maximum absolute atomic E-state index is 10.6. The van der Waals surface area contributed by atoms with Crippen molar-refractivity contribution < 1.29 is 15.0 Å². The van der Waals surface area contributed by atoms with Crippen LogP contribution >= 0.6 is 11.6 Å². The predicted octanol–water partition coefficient (Wildman–Crippen LogP) is 1.33. The third kappa shape index (κ3) is 1.55. The number of nitrogens with zero attached hydrogens (tertiary/aromatic N) is 1. The molecular formula is C9H7ClN2O3. The maximum atomic E-state index is 10.6. The van der Waals surface area contributed by atoms with Crippen molar-refractivity contribution in [3.8, 4) is 0 Å². The molecule has 15 heavy (non-hydrogen) atoms. The van der Waals surface area contributed by atoms with Gasteiger partial charge in [-0.2, -0.15) is 0 Å². The number of aliphatic hydroxyl groups excluding tert-OH is 1. The molecule has 1 unspecified atom stereocenters. The largest absolute Gasteiger partial charge is 0.479 e. The minimum Gasteiger partial charge on any atom is -0.479 e. The van der Waals surface area contributed by atoms with Gasteiger partial charge in [0.2, 0.25) is 0 Å². The molecular weight excluding hydrogens is 220 g/mol. The number of carboxylic acid groups (broad SMARTS) is 1. The van der Waals surface area contributed by atoms with Gasteiger partial charge in [0.25, 0.3) is 0 Å². The number of aliphatic hydroxyl groups is 1. The van der Waals surface area contributed by atoms with E-state index in [0.717, 1.165) is 0 Å². The Morgan fingerprint density at radius 1 is 1.53 bits per heavy atom. The monoisotopic (exact) mass is 226 g/mol. The summed E-state index contributed by atoms with van der Waals surface area (Å²) in [7, 11) is 0. The van der Waals surface area contributed by atoms with Crippen LogP contribution < -0.4 is 0 Å². The molecule has 1 aromatic carbocycles. The Kier molecular flexibility index (Phi) is 2.34. The fourth-order valence-corrected chi connectivity index (χ4v) is 1.65. The number of hydrogen-bond donors (Lipinski definition) is 3. The van der Waals surface area contributed by atoms with Gasteiger partial charge in [0.05, 0.1) is 16.9 Å². The Balaban J connectivity index is 2.62. The Hall–Kier alpha value is -1.59. The first-order valence-electron chi connectivity index (χ1n) is 4.13. The minimum absolute atomic E-state index is 0.142. The molecule has 0 fully saturated rings. The summed E-state index contributed by atoms with van der Waals surface area (Å²) in [6.07, 6.45) is -0.174. The molecule has 0 saturated carbocycles. The molecule has 2 aromatic rings. The molecule has 1 aromatic heterocycles. The van der Waals surface area contributed by atoms with Crippen LogP contribution in [-0.4, -0.2) is 26.2 Å². The highest BCUT2D eigenvalue weighted by atomic mass is 35.5. The van der Waals surface area contributed by atoms with E-state index in [1.165, 1.54) is 12.4 Å². The summed E-state index contributed by atoms with van der Waals surface area (Å²) in [5, 5.41) is 18.2. The zero-order chi connectivity index (χ0) is 11.0. The molecule has 0 spiro atoms. The molecule has 0 amide bonds. The first-order valence-corrected chi connectivity index (χ1v) is 4.51. The smallest absolute Gasteiger partial charge is 0.337 e. The number of aromatic nitrogens is 2. The Bertz CT molecular complexity index is 523. The standard InChI is InChI=1S/C9H7ClN2O3/c10-6-4(8(13)9(14)15)1-2-5-7(6)12-3-11-5/h1-3,8,13H,(H,11,12)(H,14,15). The number of aromatic amines is 1. The van der Waals surface area contributed by atoms with Gasteiger partial charge < -0.3 is 15.2 Å². The highest BCUT2D eigenvalue weighted by Crippen LogP contribution is 2.29. The molecule has 0 saturated heterocycles. The zero-order valence-electron chi connectivity index (χ0n) is 7.44. The quantitative estimate of drug-likeness (QED) is 0.721. The molecule has 1 heterocycles. The number of benzene rings is 1. The highest BCUT2D eigenvalue weighted by Gasteiger charge is 2.20. The van der Waals surface area contributed by atoms with Crippen LogP contribution in [0.5, 0.6) is 0 Å². The maximum Gasteiger partial charge on any atom is 0.337 e. The summed E-state index contributed by atoms with van der Waals surface area (Å²) in [5.74, 6) is -1.34. The number of aliphatic carboxylic acids is 1. The van der Waals surface area contributed by atoms with E-state index in [9.17, 15) is 9.90 Å². The zero-order valence-corrected chi connectivity index (χ0v) is 8.19. The summed E-state index contributed by atoms with van der Waals surface area (Å²) in [5.41, 5.74) is 1.29. The minimum atomic E-state index is -1.63. The van der Waals surface area contributed by atoms with Gasteiger partial charge in [0, 0.05) is 5.56 Å². The first-order chi connectivity index (χ1) is 7.11. The van der Waals surface area contributed by atoms with Crippen LogP contribution in [0.4, 0.5) is 0 Å². The summed E-state index contributed by atoms with van der Waals surface area (Å²) >= 11 is 5.92. The number of carbonyl (C=O) groups is 1. The van der Waals surface area contributed by atoms with Gasteiger partial charge in [0.1, 0.15) is 5.52 Å². The van der Waals surface area contributed by atoms with E-state index in [-0.39, 0.29) is 10.6 Å². The summed E-state index contributed by atoms with van der Waals surface area (Å²) < 4.78 is 0. The lowest BCUT2D eigenvalue weighted by molar-refractivity contribution is -0.146. The summed E-state index contributed by atoms with van der Waals surface area (Å²) in [6.45, 7) is 0. The van der Waals surface area contributed by atoms with Crippen molar-refractivity contribution in [2.45, 2.75) is 6.10 Å². The fraction of sp³-hybridized carbons (Fsp3) is 0.111. The van der Waals surface area contributed by atoms with Crippen molar-refractivity contribution in [1.82, 2.24) is 9.97 Å². The number of halogens is 1. The molecule has 78 valence electrons. The van der Waals surface area contributed by atoms with Crippen molar-refractivity contribution in [2.24, 2.45) is 0 Å². The Morgan fingerprint density at radius 3 is 2.93 bits per heavy atom. The van der Waals surface area contributed by atoms with Gasteiger partial charge in [-0.15, -0.1) is 0 Å². The van der Waals surface area contributed by atoms with E-state index in [1.54, 1.807) is 6.07 Å². The second-order valence-corrected chi connectivity index (χ2v) is 3.39. The lowest BCUT2D eigenvalue weighted by atomic mass is 10.1. The first kappa shape index (κ1) is 9.95. The van der Waals surface area contributed by atoms with E-state index in [2.05, 4.69) is 9.97 Å². The number of carboxylic acids is 1. The van der Waals surface area contributed by atoms with Gasteiger partial charge in [0.15, 0.2) is 6.10 Å². The van der Waals surface area contributed by atoms with Crippen LogP contribution in [-0.2, 0) is 4.79 Å². The molecule has 6 heteroatoms. The molecule has 0 radical (unpaired) electrons. The average Bonchev–Trinajstić information content (AvgIpc) is 2.66. The number of fused-ring (bicyclic) bond motifs is 1. The predicted molar refractivity (Wildman–Crippen MR) is 53.7 cm³/mol. The fourth-order valence-electron chi connectivity index (χ4n) is 1.33. The molecule has 0 aliphatic rings. The number of rotatable bonds is 2. The van der Waals surface area contributed by atoms with Gasteiger partial charge >= 0.3 is 5.97 Å². The number of imidazole rings is 1. The van der Waals surface area contributed by atoms with Crippen LogP contribution in [0.15, 0.2) is 18.5 Å². The molecule has 5 nitrogen and oxygen atoms in total. The number of hydrogen-bond acceptors (Lipinski definition) is 3. The van der Waals surface area contributed by atoms with Crippen LogP contribution in [0.3, 0.4) is 0 Å². The summed E-state index contributed by atoms with van der Waals surface area (Å²) in [6, 6.07) is 3.08. The normalized spacial score (nSPS) is 12.9. The van der Waals surface area contributed by atoms with Crippen molar-refractivity contribution in [1.29, 1.82) is 0 Å². The lowest BCUT2D eigenvalue weighted by Crippen LogP contribution is -2.10. The van der Waals surface area contributed by atoms with E-state index in [1.807, 2.05) is 0 Å². The highest BCUT2D eigenvalue weighted by molar-refractivity contribution is 6.36. The lowest BCUT2D eigenvalue weighted by Gasteiger charge is -2.07. The molecule has 0 aliphatic heterocycles. The molecule has 3 N–H and O–H groups in total. The third-order valence-corrected chi connectivity index (χ3v) is 2.49. The van der Waals surface area contributed by atoms with Gasteiger partial charge in [-0.1, -0.05) is 17.7 Å². The van der Waals surface area contributed by atoms with E-state index >= 15 is 0 Å². The Morgan fingerprint density at radius 2 is 2.27 bits per heavy atom. The van der Waals surface area contributed by atoms with Gasteiger partial charge in [-0.3, -0.25) is 0 Å². The van der Waals surface area contributed by atoms with Crippen LogP contribution in [0.1, 0.15) is 11.7 Å². The van der Waals surface area contributed by atoms with Crippen molar-refractivity contribution in [2.75, 3.05) is 0 Å². The number of nitrogens with one attached hydrogen (secondary N) is 1. The third-order valence-electron chi connectivity index (χ3n) is 2.09. The van der Waals surface area contributed by atoms with E-state index in [4.69, 9.17) is 16.7 Å². The molecule has 0 bridgehead atoms. The van der Waals surface area contributed by atoms with Crippen molar-refractivity contribution in [3.63, 3.8) is 0 Å². The second-order valence-electron chi connectivity index (χ2n) is 3.01. The molecule has 0 aliphatic carbocycles. The topological polar surface area (TPSA) is 86.2 Å². The molecule has 1 atom stereocenters. The van der Waals surface area contributed by atoms with Crippen LogP contribution in [0, 0.1) is 0 Å². The summed E-state index contributed by atoms with van der Waals surface area (Å²) in [4.78, 5) is 17.3. The van der Waals surface area contributed by atoms with Crippen LogP contribution in [0.2, 0.25) is 5.02 Å². The molecule has 2 rings (SSSR count). The average molecular weight is 227 g/mol. The van der Waals surface area contributed by atoms with Gasteiger partial charge in [-0.05, 0) is 6.07 Å². The van der Waals surface area contributed by atoms with Gasteiger partial charge in [-0.25, -0.2) is 9.78 Å². The van der Waals surface area contributed by atoms with Crippen molar-refractivity contribution >= 4 is 28.6 Å².